The quantitative estimate of drug-likeness (QED) is 0.0674. The van der Waals surface area contributed by atoms with Crippen LogP contribution in [0.2, 0.25) is 0 Å². The number of pyridine rings is 2. The number of aromatic carboxylic acids is 1. The fraction of sp³-hybridized carbons (Fsp3) is 0.216. The van der Waals surface area contributed by atoms with Gasteiger partial charge < -0.3 is 25.6 Å². The molecule has 0 atom stereocenters. The van der Waals surface area contributed by atoms with Crippen molar-refractivity contribution >= 4 is 58.4 Å². The number of nitrogens with zero attached hydrogens (tertiary/aromatic N) is 2. The number of hydrogen-bond donors (Lipinski definition) is 5. The largest absolute Gasteiger partial charge is 0.478 e. The summed E-state index contributed by atoms with van der Waals surface area (Å²) in [7, 11) is 0. The van der Waals surface area contributed by atoms with E-state index in [1.54, 1.807) is 115 Å². The van der Waals surface area contributed by atoms with Crippen molar-refractivity contribution in [1.29, 1.82) is 0 Å². The van der Waals surface area contributed by atoms with Crippen molar-refractivity contribution in [2.45, 2.75) is 74.0 Å². The Bertz CT molecular complexity index is 2590. The molecule has 0 radical (unpaired) electrons. The van der Waals surface area contributed by atoms with E-state index in [1.807, 2.05) is 36.4 Å². The van der Waals surface area contributed by atoms with Crippen LogP contribution in [0.1, 0.15) is 104 Å². The SMILES string of the molecule is C.CC(=O)c1ccc(C(=O)Nc2cc(-c3cccnc3)ccc2NC(=O)OC(C)(C)C)cc1.CC(=O)c1ccc(C(=O)O)cc1.CC(C)(C)OC(=O)Nc1ccc(-c2cccnc2)cc1N. The van der Waals surface area contributed by atoms with E-state index in [0.29, 0.717) is 39.4 Å². The molecule has 2 heterocycles. The maximum absolute atomic E-state index is 12.9. The zero-order valence-electron chi connectivity index (χ0n) is 37.4. The lowest BCUT2D eigenvalue weighted by Crippen LogP contribution is -2.27. The lowest BCUT2D eigenvalue weighted by Gasteiger charge is -2.21. The van der Waals surface area contributed by atoms with E-state index < -0.39 is 29.4 Å². The molecule has 3 amide bonds. The first-order valence-corrected chi connectivity index (χ1v) is 20.2. The Hall–Kier alpha value is -8.20. The second-order valence-corrected chi connectivity index (χ2v) is 16.3. The van der Waals surface area contributed by atoms with Gasteiger partial charge >= 0.3 is 18.2 Å². The Balaban J connectivity index is 0.000000291. The predicted octanol–water partition coefficient (Wildman–Crippen LogP) is 11.5. The van der Waals surface area contributed by atoms with Gasteiger partial charge in [-0.25, -0.2) is 14.4 Å². The van der Waals surface area contributed by atoms with Crippen LogP contribution >= 0.6 is 0 Å². The number of ether oxygens (including phenoxy) is 2. The zero-order valence-corrected chi connectivity index (χ0v) is 37.4. The summed E-state index contributed by atoms with van der Waals surface area (Å²) in [5, 5.41) is 16.7. The van der Waals surface area contributed by atoms with Crippen LogP contribution in [0.5, 0.6) is 0 Å². The number of nitrogens with two attached hydrogens (primary N) is 1. The number of ketones is 2. The topological polar surface area (TPSA) is 229 Å². The predicted molar refractivity (Wildman–Crippen MR) is 258 cm³/mol. The van der Waals surface area contributed by atoms with Gasteiger partial charge in [-0.3, -0.25) is 35.0 Å². The van der Waals surface area contributed by atoms with Crippen LogP contribution in [0.3, 0.4) is 0 Å². The molecule has 0 aliphatic rings. The maximum Gasteiger partial charge on any atom is 0.412 e. The summed E-state index contributed by atoms with van der Waals surface area (Å²) in [5.41, 5.74) is 11.8. The van der Waals surface area contributed by atoms with Crippen LogP contribution in [-0.4, -0.2) is 61.9 Å². The number of Topliss-reactive ketones (excluding diaryl/α,β-unsaturated/α-hetero) is 2. The number of carboxylic acids is 1. The molecule has 0 aliphatic carbocycles. The minimum atomic E-state index is -0.981. The molecule has 0 aliphatic heterocycles. The van der Waals surface area contributed by atoms with E-state index in [1.165, 1.54) is 38.1 Å². The first-order chi connectivity index (χ1) is 30.6. The molecule has 0 bridgehead atoms. The number of anilines is 4. The minimum Gasteiger partial charge on any atom is -0.478 e. The molecule has 0 fully saturated rings. The van der Waals surface area contributed by atoms with E-state index in [-0.39, 0.29) is 30.5 Å². The smallest absolute Gasteiger partial charge is 0.412 e. The Morgan fingerprint density at radius 3 is 1.32 bits per heavy atom. The number of carbonyl (C=O) groups is 6. The van der Waals surface area contributed by atoms with Gasteiger partial charge in [0.25, 0.3) is 5.91 Å². The molecule has 6 aromatic rings. The van der Waals surface area contributed by atoms with Gasteiger partial charge in [-0.05, 0) is 127 Å². The normalized spacial score (nSPS) is 10.5. The third kappa shape index (κ3) is 16.8. The van der Waals surface area contributed by atoms with Crippen molar-refractivity contribution in [3.05, 3.63) is 156 Å². The fourth-order valence-corrected chi connectivity index (χ4v) is 5.58. The number of nitrogens with one attached hydrogen (secondary N) is 3. The van der Waals surface area contributed by atoms with Crippen molar-refractivity contribution in [3.63, 3.8) is 0 Å². The molecule has 15 heteroatoms. The first kappa shape index (κ1) is 52.1. The molecule has 15 nitrogen and oxygen atoms in total. The highest BCUT2D eigenvalue weighted by atomic mass is 16.6. The number of rotatable bonds is 9. The maximum atomic E-state index is 12.9. The molecule has 6 N–H and O–H groups in total. The van der Waals surface area contributed by atoms with E-state index in [2.05, 4.69) is 25.9 Å². The molecule has 0 saturated carbocycles. The van der Waals surface area contributed by atoms with Crippen LogP contribution in [0.15, 0.2) is 134 Å². The number of benzene rings is 4. The molecule has 0 unspecified atom stereocenters. The second-order valence-electron chi connectivity index (χ2n) is 16.3. The van der Waals surface area contributed by atoms with Gasteiger partial charge in [-0.1, -0.05) is 56.0 Å². The van der Waals surface area contributed by atoms with E-state index in [4.69, 9.17) is 20.3 Å². The Morgan fingerprint density at radius 2 is 0.924 bits per heavy atom. The molecule has 66 heavy (non-hydrogen) atoms. The highest BCUT2D eigenvalue weighted by molar-refractivity contribution is 6.08. The summed E-state index contributed by atoms with van der Waals surface area (Å²) in [5.74, 6) is -1.50. The van der Waals surface area contributed by atoms with Crippen LogP contribution in [0, 0.1) is 0 Å². The molecule has 2 aromatic heterocycles. The second kappa shape index (κ2) is 23.5. The van der Waals surface area contributed by atoms with Gasteiger partial charge in [-0.2, -0.15) is 0 Å². The Morgan fingerprint density at radius 1 is 0.515 bits per heavy atom. The van der Waals surface area contributed by atoms with E-state index in [0.717, 1.165) is 22.3 Å². The number of amides is 3. The summed E-state index contributed by atoms with van der Waals surface area (Å²) < 4.78 is 10.5. The molecule has 6 rings (SSSR count). The zero-order chi connectivity index (χ0) is 47.9. The van der Waals surface area contributed by atoms with E-state index in [9.17, 15) is 28.8 Å². The molecular weight excluding hydrogens is 841 g/mol. The lowest BCUT2D eigenvalue weighted by atomic mass is 10.1. The summed E-state index contributed by atoms with van der Waals surface area (Å²) in [6.07, 6.45) is 5.70. The summed E-state index contributed by atoms with van der Waals surface area (Å²) in [6.45, 7) is 13.6. The number of hydrogen-bond acceptors (Lipinski definition) is 11. The van der Waals surface area contributed by atoms with Gasteiger partial charge in [-0.15, -0.1) is 0 Å². The first-order valence-electron chi connectivity index (χ1n) is 20.2. The number of carbonyl (C=O) groups excluding carboxylic acids is 5. The van der Waals surface area contributed by atoms with Gasteiger partial charge in [0.2, 0.25) is 0 Å². The highest BCUT2D eigenvalue weighted by Crippen LogP contribution is 2.30. The van der Waals surface area contributed by atoms with Gasteiger partial charge in [0.05, 0.1) is 28.3 Å². The summed E-state index contributed by atoms with van der Waals surface area (Å²) in [4.78, 5) is 77.8. The molecule has 0 saturated heterocycles. The van der Waals surface area contributed by atoms with Crippen LogP contribution in [-0.2, 0) is 9.47 Å². The minimum absolute atomic E-state index is 0. The lowest BCUT2D eigenvalue weighted by molar-refractivity contribution is 0.0624. The summed E-state index contributed by atoms with van der Waals surface area (Å²) in [6, 6.07) is 30.4. The number of carboxylic acid groups (broad SMARTS) is 1. The van der Waals surface area contributed by atoms with Crippen molar-refractivity contribution in [3.8, 4) is 22.3 Å². The third-order valence-electron chi connectivity index (χ3n) is 8.67. The fourth-order valence-electron chi connectivity index (χ4n) is 5.58. The van der Waals surface area contributed by atoms with Crippen molar-refractivity contribution in [1.82, 2.24) is 9.97 Å². The van der Waals surface area contributed by atoms with Crippen molar-refractivity contribution < 1.29 is 43.3 Å². The average molecular weight is 897 g/mol. The van der Waals surface area contributed by atoms with Gasteiger partial charge in [0.1, 0.15) is 11.2 Å². The average Bonchev–Trinajstić information content (AvgIpc) is 3.24. The molecule has 344 valence electrons. The Labute approximate surface area is 384 Å². The van der Waals surface area contributed by atoms with Crippen LogP contribution < -0.4 is 21.7 Å². The number of nitrogen functional groups attached to an aromatic ring is 1. The van der Waals surface area contributed by atoms with Gasteiger partial charge in [0.15, 0.2) is 11.6 Å². The van der Waals surface area contributed by atoms with Crippen molar-refractivity contribution in [2.75, 3.05) is 21.7 Å². The monoisotopic (exact) mass is 896 g/mol. The van der Waals surface area contributed by atoms with Gasteiger partial charge in [0, 0.05) is 52.6 Å². The molecule has 4 aromatic carbocycles. The third-order valence-corrected chi connectivity index (χ3v) is 8.67. The highest BCUT2D eigenvalue weighted by Gasteiger charge is 2.20. The van der Waals surface area contributed by atoms with Crippen LogP contribution in [0.25, 0.3) is 22.3 Å². The van der Waals surface area contributed by atoms with Crippen molar-refractivity contribution in [2.24, 2.45) is 0 Å². The summed E-state index contributed by atoms with van der Waals surface area (Å²) >= 11 is 0. The Kier molecular flexibility index (Phi) is 18.5. The van der Waals surface area contributed by atoms with Crippen LogP contribution in [0.4, 0.5) is 32.3 Å². The van der Waals surface area contributed by atoms with E-state index >= 15 is 0 Å². The number of aromatic nitrogens is 2. The standard InChI is InChI=1S/C25H25N3O4.C16H19N3O2.C9H8O3.CH4/c1-16(29)17-7-9-18(10-8-17)23(30)27-22-14-19(20-6-5-13-26-15-20)11-12-21(22)28-24(31)32-25(2,3)4;1-16(2,3)21-15(20)19-14-7-6-11(9-13(14)17)12-5-4-8-18-10-12;1-6(10)7-2-4-8(5-3-7)9(11)12;/h5-15H,1-4H3,(H,27,30)(H,28,31);4-10H,17H2,1-3H3,(H,19,20);2-5H,1H3,(H,11,12);1H4. The molecule has 0 spiro atoms. The molecular formula is C51H56N6O9.